The Balaban J connectivity index is 1.30. The van der Waals surface area contributed by atoms with Crippen LogP contribution in [0, 0.1) is 0 Å². The van der Waals surface area contributed by atoms with Crippen molar-refractivity contribution in [3.05, 3.63) is 78.4 Å². The van der Waals surface area contributed by atoms with Crippen LogP contribution in [0.4, 0.5) is 5.95 Å². The van der Waals surface area contributed by atoms with Crippen molar-refractivity contribution in [2.24, 2.45) is 0 Å². The zero-order chi connectivity index (χ0) is 26.1. The molecule has 4 N–H and O–H groups in total. The number of ether oxygens (including phenoxy) is 2. The molecule has 2 fully saturated rings. The van der Waals surface area contributed by atoms with Gasteiger partial charge in [-0.25, -0.2) is 4.98 Å². The lowest BCUT2D eigenvalue weighted by atomic mass is 10.0. The van der Waals surface area contributed by atoms with E-state index in [1.54, 1.807) is 4.57 Å². The molecule has 8 nitrogen and oxygen atoms in total. The van der Waals surface area contributed by atoms with Crippen LogP contribution in [0.2, 0.25) is 0 Å². The maximum Gasteiger partial charge on any atom is 0.206 e. The van der Waals surface area contributed by atoms with Gasteiger partial charge >= 0.3 is 0 Å². The number of para-hydroxylation sites is 2. The molecule has 0 unspecified atom stereocenters. The minimum atomic E-state index is -1.21. The van der Waals surface area contributed by atoms with Crippen molar-refractivity contribution >= 4 is 17.0 Å². The monoisotopic (exact) mass is 515 g/mol. The second-order valence-electron chi connectivity index (χ2n) is 10.1. The van der Waals surface area contributed by atoms with Crippen LogP contribution >= 0.6 is 0 Å². The Labute approximate surface area is 221 Å². The molecule has 1 aliphatic heterocycles. The van der Waals surface area contributed by atoms with Crippen LogP contribution in [0.5, 0.6) is 5.75 Å². The summed E-state index contributed by atoms with van der Waals surface area (Å²) in [5.74, 6) is 1.38. The second kappa shape index (κ2) is 10.7. The van der Waals surface area contributed by atoms with Crippen molar-refractivity contribution in [3.63, 3.8) is 0 Å². The summed E-state index contributed by atoms with van der Waals surface area (Å²) < 4.78 is 14.1. The summed E-state index contributed by atoms with van der Waals surface area (Å²) in [6.07, 6.45) is 0.617. The lowest BCUT2D eigenvalue weighted by Crippen LogP contribution is -2.33. The molecular formula is C30H33N3O5. The van der Waals surface area contributed by atoms with Crippen molar-refractivity contribution in [1.29, 1.82) is 0 Å². The van der Waals surface area contributed by atoms with E-state index in [1.807, 2.05) is 42.5 Å². The summed E-state index contributed by atoms with van der Waals surface area (Å²) in [6, 6.07) is 24.1. The highest BCUT2D eigenvalue weighted by molar-refractivity contribution is 5.79. The molecule has 0 amide bonds. The number of rotatable bonds is 8. The zero-order valence-corrected chi connectivity index (χ0v) is 21.1. The van der Waals surface area contributed by atoms with Gasteiger partial charge in [-0.05, 0) is 55.0 Å². The van der Waals surface area contributed by atoms with E-state index >= 15 is 0 Å². The van der Waals surface area contributed by atoms with Gasteiger partial charge in [0.2, 0.25) is 5.95 Å². The summed E-state index contributed by atoms with van der Waals surface area (Å²) >= 11 is 0. The number of aliphatic hydroxyl groups excluding tert-OH is 3. The molecule has 6 rings (SSSR count). The molecule has 38 heavy (non-hydrogen) atoms. The van der Waals surface area contributed by atoms with Gasteiger partial charge in [0.1, 0.15) is 24.1 Å². The number of aliphatic hydroxyl groups is 3. The highest BCUT2D eigenvalue weighted by atomic mass is 16.6. The topological polar surface area (TPSA) is 109 Å². The van der Waals surface area contributed by atoms with Crippen LogP contribution < -0.4 is 10.1 Å². The molecule has 2 aliphatic rings. The molecule has 4 aromatic rings. The molecule has 198 valence electrons. The van der Waals surface area contributed by atoms with E-state index in [-0.39, 0.29) is 12.7 Å². The fourth-order valence-electron chi connectivity index (χ4n) is 5.52. The third-order valence-corrected chi connectivity index (χ3v) is 7.54. The Kier molecular flexibility index (Phi) is 7.04. The predicted molar refractivity (Wildman–Crippen MR) is 145 cm³/mol. The molecular weight excluding hydrogens is 482 g/mol. The summed E-state index contributed by atoms with van der Waals surface area (Å²) in [7, 11) is 0. The summed E-state index contributed by atoms with van der Waals surface area (Å²) in [6.45, 7) is 0.0792. The number of benzene rings is 3. The molecule has 4 atom stereocenters. The molecule has 1 aliphatic carbocycles. The second-order valence-corrected chi connectivity index (χ2v) is 10.1. The van der Waals surface area contributed by atoms with Gasteiger partial charge in [0.25, 0.3) is 0 Å². The molecule has 8 heteroatoms. The number of nitrogens with zero attached hydrogens (tertiary/aromatic N) is 2. The number of hydrogen-bond acceptors (Lipinski definition) is 7. The van der Waals surface area contributed by atoms with Gasteiger partial charge in [0.15, 0.2) is 6.23 Å². The van der Waals surface area contributed by atoms with Gasteiger partial charge in [-0.2, -0.15) is 0 Å². The number of anilines is 1. The first-order valence-electron chi connectivity index (χ1n) is 13.3. The highest BCUT2D eigenvalue weighted by Crippen LogP contribution is 2.36. The van der Waals surface area contributed by atoms with Crippen LogP contribution in [-0.4, -0.2) is 55.9 Å². The number of aromatic nitrogens is 2. The first-order chi connectivity index (χ1) is 18.6. The largest absolute Gasteiger partial charge is 0.490 e. The van der Waals surface area contributed by atoms with E-state index in [0.29, 0.717) is 12.5 Å². The van der Waals surface area contributed by atoms with E-state index < -0.39 is 24.5 Å². The molecule has 3 aromatic carbocycles. The highest BCUT2D eigenvalue weighted by Gasteiger charge is 2.44. The standard InChI is InChI=1S/C30H33N3O5/c34-18-26-27(35)28(36)29(38-26)33-24-13-7-6-12-23(24)32-30(33)31-17-19-14-15-22(20-8-2-1-3-9-20)25(16-19)37-21-10-4-5-11-21/h1-3,6-9,12-16,21,26-29,34-36H,4-5,10-11,17-18H2,(H,31,32)/t26-,27-,28-,29-/m1/s1. The van der Waals surface area contributed by atoms with Crippen LogP contribution in [0.1, 0.15) is 37.5 Å². The summed E-state index contributed by atoms with van der Waals surface area (Å²) in [4.78, 5) is 4.74. The Morgan fingerprint density at radius 1 is 0.947 bits per heavy atom. The fourth-order valence-corrected chi connectivity index (χ4v) is 5.52. The quantitative estimate of drug-likeness (QED) is 0.278. The van der Waals surface area contributed by atoms with E-state index in [9.17, 15) is 15.3 Å². The normalized spacial score (nSPS) is 23.8. The molecule has 1 aromatic heterocycles. The van der Waals surface area contributed by atoms with Gasteiger partial charge in [-0.1, -0.05) is 54.6 Å². The number of hydrogen-bond donors (Lipinski definition) is 4. The van der Waals surface area contributed by atoms with Gasteiger partial charge in [0, 0.05) is 12.1 Å². The van der Waals surface area contributed by atoms with Crippen LogP contribution in [0.3, 0.4) is 0 Å². The van der Waals surface area contributed by atoms with Crippen molar-refractivity contribution in [1.82, 2.24) is 9.55 Å². The van der Waals surface area contributed by atoms with Crippen LogP contribution in [0.25, 0.3) is 22.2 Å². The maximum absolute atomic E-state index is 10.7. The van der Waals surface area contributed by atoms with E-state index in [0.717, 1.165) is 46.3 Å². The first kappa shape index (κ1) is 24.9. The number of nitrogens with one attached hydrogen (secondary N) is 1. The summed E-state index contributed by atoms with van der Waals surface area (Å²) in [5.41, 5.74) is 4.70. The van der Waals surface area contributed by atoms with Crippen molar-refractivity contribution in [2.75, 3.05) is 11.9 Å². The van der Waals surface area contributed by atoms with Crippen molar-refractivity contribution < 1.29 is 24.8 Å². The molecule has 1 saturated carbocycles. The predicted octanol–water partition coefficient (Wildman–Crippen LogP) is 4.25. The van der Waals surface area contributed by atoms with Gasteiger partial charge < -0.3 is 30.1 Å². The fraction of sp³-hybridized carbons (Fsp3) is 0.367. The first-order valence-corrected chi connectivity index (χ1v) is 13.3. The maximum atomic E-state index is 10.7. The van der Waals surface area contributed by atoms with Crippen molar-refractivity contribution in [3.8, 4) is 16.9 Å². The Bertz CT molecular complexity index is 1390. The lowest BCUT2D eigenvalue weighted by Gasteiger charge is -2.21. The number of imidazole rings is 1. The van der Waals surface area contributed by atoms with Crippen molar-refractivity contribution in [2.45, 2.75) is 62.9 Å². The van der Waals surface area contributed by atoms with Gasteiger partial charge in [0.05, 0.1) is 23.7 Å². The molecule has 0 bridgehead atoms. The van der Waals surface area contributed by atoms with Crippen LogP contribution in [-0.2, 0) is 11.3 Å². The lowest BCUT2D eigenvalue weighted by molar-refractivity contribution is -0.0499. The molecule has 1 saturated heterocycles. The smallest absolute Gasteiger partial charge is 0.206 e. The molecule has 2 heterocycles. The average molecular weight is 516 g/mol. The minimum absolute atomic E-state index is 0.233. The van der Waals surface area contributed by atoms with E-state index in [4.69, 9.17) is 14.5 Å². The Morgan fingerprint density at radius 3 is 2.47 bits per heavy atom. The molecule has 0 radical (unpaired) electrons. The van der Waals surface area contributed by atoms with Gasteiger partial charge in [-0.15, -0.1) is 0 Å². The van der Waals surface area contributed by atoms with Gasteiger partial charge in [-0.3, -0.25) is 4.57 Å². The minimum Gasteiger partial charge on any atom is -0.490 e. The Hall–Kier alpha value is -3.43. The average Bonchev–Trinajstić information content (AvgIpc) is 3.66. The third kappa shape index (κ3) is 4.76. The third-order valence-electron chi connectivity index (χ3n) is 7.54. The SMILES string of the molecule is OC[C@H]1O[C@@H](n2c(NCc3ccc(-c4ccccc4)c(OC4CCCC4)c3)nc3ccccc32)[C@H](O)[C@@H]1O. The number of fused-ring (bicyclic) bond motifs is 1. The van der Waals surface area contributed by atoms with E-state index in [1.165, 1.54) is 12.8 Å². The Morgan fingerprint density at radius 2 is 1.71 bits per heavy atom. The molecule has 0 spiro atoms. The zero-order valence-electron chi connectivity index (χ0n) is 21.1. The van der Waals surface area contributed by atoms with Crippen LogP contribution in [0.15, 0.2) is 72.8 Å². The summed E-state index contributed by atoms with van der Waals surface area (Å²) in [5, 5.41) is 34.1. The van der Waals surface area contributed by atoms with E-state index in [2.05, 4.69) is 35.6 Å².